The molecule has 0 spiro atoms. The number of benzene rings is 1. The second-order valence-electron chi connectivity index (χ2n) is 4.94. The van der Waals surface area contributed by atoms with Crippen LogP contribution in [0.5, 0.6) is 0 Å². The lowest BCUT2D eigenvalue weighted by atomic mass is 10.1. The molecule has 3 rings (SSSR count). The van der Waals surface area contributed by atoms with Crippen LogP contribution >= 0.6 is 11.3 Å². The van der Waals surface area contributed by atoms with E-state index in [1.165, 1.54) is 15.8 Å². The number of hydrazine groups is 1. The minimum atomic E-state index is 0.692. The Labute approximate surface area is 121 Å². The van der Waals surface area contributed by atoms with Crippen LogP contribution in [0.1, 0.15) is 11.1 Å². The summed E-state index contributed by atoms with van der Waals surface area (Å²) in [5.74, 6) is 5.78. The average Bonchev–Trinajstić information content (AvgIpc) is 2.83. The van der Waals surface area contributed by atoms with Crippen LogP contribution in [0.4, 0.5) is 0 Å². The SMILES string of the molecule is Cc1cc(CN(C)N)c2nc(-c3ccncc3)sc2c1. The van der Waals surface area contributed by atoms with Gasteiger partial charge in [-0.1, -0.05) is 6.07 Å². The van der Waals surface area contributed by atoms with E-state index in [4.69, 9.17) is 10.8 Å². The highest BCUT2D eigenvalue weighted by Gasteiger charge is 2.11. The average molecular weight is 284 g/mol. The number of aromatic nitrogens is 2. The van der Waals surface area contributed by atoms with Gasteiger partial charge in [-0.2, -0.15) is 0 Å². The van der Waals surface area contributed by atoms with Crippen molar-refractivity contribution in [3.05, 3.63) is 47.8 Å². The fourth-order valence-corrected chi connectivity index (χ4v) is 3.38. The van der Waals surface area contributed by atoms with Crippen molar-refractivity contribution in [1.82, 2.24) is 15.0 Å². The first-order valence-corrected chi connectivity index (χ1v) is 7.21. The largest absolute Gasteiger partial charge is 0.269 e. The lowest BCUT2D eigenvalue weighted by Crippen LogP contribution is -2.25. The van der Waals surface area contributed by atoms with Gasteiger partial charge < -0.3 is 0 Å². The van der Waals surface area contributed by atoms with Crippen LogP contribution in [0.2, 0.25) is 0 Å². The number of hydrogen-bond acceptors (Lipinski definition) is 5. The van der Waals surface area contributed by atoms with Gasteiger partial charge in [0, 0.05) is 31.5 Å². The van der Waals surface area contributed by atoms with E-state index in [1.54, 1.807) is 28.7 Å². The summed E-state index contributed by atoms with van der Waals surface area (Å²) in [4.78, 5) is 8.84. The molecule has 0 fully saturated rings. The van der Waals surface area contributed by atoms with Gasteiger partial charge in [0.1, 0.15) is 5.01 Å². The first-order chi connectivity index (χ1) is 9.63. The molecule has 102 valence electrons. The third-order valence-electron chi connectivity index (χ3n) is 3.07. The summed E-state index contributed by atoms with van der Waals surface area (Å²) in [6.45, 7) is 2.79. The van der Waals surface area contributed by atoms with Gasteiger partial charge in [-0.3, -0.25) is 10.8 Å². The van der Waals surface area contributed by atoms with Crippen molar-refractivity contribution in [3.63, 3.8) is 0 Å². The molecule has 1 aromatic carbocycles. The molecule has 2 heterocycles. The molecule has 0 radical (unpaired) electrons. The quantitative estimate of drug-likeness (QED) is 0.593. The molecule has 0 saturated heterocycles. The fraction of sp³-hybridized carbons (Fsp3) is 0.200. The number of pyridine rings is 1. The van der Waals surface area contributed by atoms with Crippen molar-refractivity contribution in [2.45, 2.75) is 13.5 Å². The van der Waals surface area contributed by atoms with Gasteiger partial charge in [-0.05, 0) is 36.2 Å². The highest BCUT2D eigenvalue weighted by molar-refractivity contribution is 7.21. The molecule has 20 heavy (non-hydrogen) atoms. The Balaban J connectivity index is 2.15. The van der Waals surface area contributed by atoms with Crippen molar-refractivity contribution >= 4 is 21.6 Å². The van der Waals surface area contributed by atoms with Crippen LogP contribution in [0.25, 0.3) is 20.8 Å². The Morgan fingerprint density at radius 3 is 2.70 bits per heavy atom. The van der Waals surface area contributed by atoms with Crippen LogP contribution in [-0.2, 0) is 6.54 Å². The molecular weight excluding hydrogens is 268 g/mol. The van der Waals surface area contributed by atoms with E-state index in [0.29, 0.717) is 6.54 Å². The van der Waals surface area contributed by atoms with Gasteiger partial charge in [0.2, 0.25) is 0 Å². The van der Waals surface area contributed by atoms with Crippen LogP contribution in [0, 0.1) is 6.92 Å². The zero-order valence-electron chi connectivity index (χ0n) is 11.5. The van der Waals surface area contributed by atoms with Gasteiger partial charge >= 0.3 is 0 Å². The minimum absolute atomic E-state index is 0.692. The molecule has 0 bridgehead atoms. The monoisotopic (exact) mass is 284 g/mol. The van der Waals surface area contributed by atoms with Crippen molar-refractivity contribution in [2.75, 3.05) is 7.05 Å². The van der Waals surface area contributed by atoms with E-state index in [2.05, 4.69) is 24.0 Å². The van der Waals surface area contributed by atoms with Crippen LogP contribution in [-0.4, -0.2) is 22.0 Å². The topological polar surface area (TPSA) is 55.0 Å². The highest BCUT2D eigenvalue weighted by atomic mass is 32.1. The molecule has 0 saturated carbocycles. The molecule has 0 aliphatic heterocycles. The predicted molar refractivity (Wildman–Crippen MR) is 83.2 cm³/mol. The Morgan fingerprint density at radius 2 is 2.00 bits per heavy atom. The summed E-state index contributed by atoms with van der Waals surface area (Å²) in [7, 11) is 1.87. The van der Waals surface area contributed by atoms with Gasteiger partial charge in [0.05, 0.1) is 10.2 Å². The molecule has 5 heteroatoms. The van der Waals surface area contributed by atoms with Crippen molar-refractivity contribution in [1.29, 1.82) is 0 Å². The summed E-state index contributed by atoms with van der Waals surface area (Å²) >= 11 is 1.71. The summed E-state index contributed by atoms with van der Waals surface area (Å²) in [5.41, 5.74) is 4.55. The van der Waals surface area contributed by atoms with Crippen LogP contribution in [0.15, 0.2) is 36.7 Å². The number of nitrogens with zero attached hydrogens (tertiary/aromatic N) is 3. The van der Waals surface area contributed by atoms with Gasteiger partial charge in [0.15, 0.2) is 0 Å². The Morgan fingerprint density at radius 1 is 1.25 bits per heavy atom. The second-order valence-corrected chi connectivity index (χ2v) is 5.97. The zero-order chi connectivity index (χ0) is 14.1. The van der Waals surface area contributed by atoms with Crippen molar-refractivity contribution in [2.24, 2.45) is 5.84 Å². The molecule has 0 amide bonds. The van der Waals surface area contributed by atoms with Gasteiger partial charge in [-0.25, -0.2) is 9.99 Å². The standard InChI is InChI=1S/C15H16N4S/c1-10-7-12(9-19(2)16)14-13(8-10)20-15(18-14)11-3-5-17-6-4-11/h3-8H,9,16H2,1-2H3. The maximum atomic E-state index is 5.78. The Bertz CT molecular complexity index is 734. The van der Waals surface area contributed by atoms with Crippen molar-refractivity contribution in [3.8, 4) is 10.6 Å². The van der Waals surface area contributed by atoms with Crippen LogP contribution < -0.4 is 5.84 Å². The molecule has 0 aliphatic carbocycles. The van der Waals surface area contributed by atoms with Crippen molar-refractivity contribution < 1.29 is 0 Å². The number of thiazole rings is 1. The second kappa shape index (κ2) is 5.28. The van der Waals surface area contributed by atoms with E-state index < -0.39 is 0 Å². The summed E-state index contributed by atoms with van der Waals surface area (Å²) < 4.78 is 1.20. The van der Waals surface area contributed by atoms with Gasteiger partial charge in [0.25, 0.3) is 0 Å². The molecule has 2 N–H and O–H groups in total. The molecule has 0 atom stereocenters. The van der Waals surface area contributed by atoms with E-state index in [-0.39, 0.29) is 0 Å². The molecule has 0 aliphatic rings. The summed E-state index contributed by atoms with van der Waals surface area (Å²) in [5, 5.41) is 2.70. The number of hydrogen-bond donors (Lipinski definition) is 1. The lowest BCUT2D eigenvalue weighted by molar-refractivity contribution is 0.343. The molecule has 3 aromatic rings. The third-order valence-corrected chi connectivity index (χ3v) is 4.12. The minimum Gasteiger partial charge on any atom is -0.269 e. The number of nitrogens with two attached hydrogens (primary N) is 1. The summed E-state index contributed by atoms with van der Waals surface area (Å²) in [6, 6.07) is 8.30. The maximum absolute atomic E-state index is 5.78. The van der Waals surface area contributed by atoms with Gasteiger partial charge in [-0.15, -0.1) is 11.3 Å². The third kappa shape index (κ3) is 2.56. The van der Waals surface area contributed by atoms with Crippen LogP contribution in [0.3, 0.4) is 0 Å². The predicted octanol–water partition coefficient (Wildman–Crippen LogP) is 2.97. The Hall–Kier alpha value is -1.82. The first kappa shape index (κ1) is 13.2. The zero-order valence-corrected chi connectivity index (χ0v) is 12.3. The Kier molecular flexibility index (Phi) is 3.48. The molecule has 4 nitrogen and oxygen atoms in total. The number of rotatable bonds is 3. The lowest BCUT2D eigenvalue weighted by Gasteiger charge is -2.10. The molecular formula is C15H16N4S. The maximum Gasteiger partial charge on any atom is 0.124 e. The smallest absolute Gasteiger partial charge is 0.124 e. The molecule has 0 unspecified atom stereocenters. The number of aryl methyl sites for hydroxylation is 1. The van der Waals surface area contributed by atoms with E-state index in [0.717, 1.165) is 16.1 Å². The van der Waals surface area contributed by atoms with E-state index >= 15 is 0 Å². The van der Waals surface area contributed by atoms with E-state index in [9.17, 15) is 0 Å². The van der Waals surface area contributed by atoms with E-state index in [1.807, 2.05) is 19.2 Å². The first-order valence-electron chi connectivity index (χ1n) is 6.40. The fourth-order valence-electron chi connectivity index (χ4n) is 2.26. The molecule has 2 aromatic heterocycles. The number of fused-ring (bicyclic) bond motifs is 1. The highest BCUT2D eigenvalue weighted by Crippen LogP contribution is 2.32. The normalized spacial score (nSPS) is 11.4. The summed E-state index contributed by atoms with van der Waals surface area (Å²) in [6.07, 6.45) is 3.59.